The van der Waals surface area contributed by atoms with Crippen molar-refractivity contribution in [1.29, 1.82) is 0 Å². The van der Waals surface area contributed by atoms with E-state index in [1.165, 1.54) is 0 Å². The molecule has 7 rings (SSSR count). The highest BCUT2D eigenvalue weighted by Gasteiger charge is 2.40. The molecule has 3 amide bonds. The summed E-state index contributed by atoms with van der Waals surface area (Å²) in [7, 11) is 0. The number of amides is 3. The lowest BCUT2D eigenvalue weighted by atomic mass is 9.85. The highest BCUT2D eigenvalue weighted by molar-refractivity contribution is 5.92. The number of hydrogen-bond acceptors (Lipinski definition) is 10. The maximum absolute atomic E-state index is 13.4. The molecule has 0 radical (unpaired) electrons. The Hall–Kier alpha value is -4.66. The van der Waals surface area contributed by atoms with Gasteiger partial charge in [0, 0.05) is 37.7 Å². The summed E-state index contributed by atoms with van der Waals surface area (Å²) in [6.45, 7) is 13.6. The number of carbonyl (C=O) groups excluding carboxylic acids is 2. The van der Waals surface area contributed by atoms with Crippen LogP contribution in [-0.4, -0.2) is 94.0 Å². The Morgan fingerprint density at radius 1 is 1.00 bits per heavy atom. The van der Waals surface area contributed by atoms with Gasteiger partial charge in [-0.2, -0.15) is 0 Å². The highest BCUT2D eigenvalue weighted by Crippen LogP contribution is 2.39. The van der Waals surface area contributed by atoms with Crippen LogP contribution in [0.2, 0.25) is 0 Å². The van der Waals surface area contributed by atoms with Gasteiger partial charge in [0.05, 0.1) is 49.8 Å². The van der Waals surface area contributed by atoms with Gasteiger partial charge in [-0.1, -0.05) is 45.0 Å². The Bertz CT molecular complexity index is 1860. The SMILES string of the molecule is CC(C)(C)c1cc(NC(=O)N[C@H]2CC[C@@H](Oc3ccc4nnc(C5(C)COC5)n4c3)c3ccccc32)nc(C(=O)NCCN2CCOCC2)n1. The molecule has 4 aromatic rings. The van der Waals surface area contributed by atoms with E-state index in [1.807, 2.05) is 67.8 Å². The van der Waals surface area contributed by atoms with Crippen LogP contribution in [-0.2, 0) is 20.3 Å². The minimum Gasteiger partial charge on any atom is -0.484 e. The molecule has 2 aliphatic heterocycles. The molecule has 0 spiro atoms. The van der Waals surface area contributed by atoms with Crippen LogP contribution in [0, 0.1) is 0 Å². The van der Waals surface area contributed by atoms with Gasteiger partial charge in [-0.05, 0) is 43.0 Å². The van der Waals surface area contributed by atoms with Crippen molar-refractivity contribution in [1.82, 2.24) is 40.1 Å². The summed E-state index contributed by atoms with van der Waals surface area (Å²) in [6, 6.07) is 12.9. The number of rotatable bonds is 9. The molecule has 14 heteroatoms. The van der Waals surface area contributed by atoms with Crippen LogP contribution in [0.4, 0.5) is 10.6 Å². The predicted molar refractivity (Wildman–Crippen MR) is 185 cm³/mol. The predicted octanol–water partition coefficient (Wildman–Crippen LogP) is 3.94. The molecule has 2 atom stereocenters. The number of ether oxygens (including phenoxy) is 3. The summed E-state index contributed by atoms with van der Waals surface area (Å²) in [5.74, 6) is 1.47. The number of nitrogens with zero attached hydrogens (tertiary/aromatic N) is 6. The van der Waals surface area contributed by atoms with Gasteiger partial charge in [0.25, 0.3) is 5.91 Å². The first-order chi connectivity index (χ1) is 24.1. The third kappa shape index (κ3) is 7.28. The van der Waals surface area contributed by atoms with Crippen LogP contribution in [0.15, 0.2) is 48.7 Å². The molecule has 1 aliphatic carbocycles. The summed E-state index contributed by atoms with van der Waals surface area (Å²) in [5, 5.41) is 17.7. The minimum absolute atomic E-state index is 0.0182. The van der Waals surface area contributed by atoms with E-state index < -0.39 is 6.03 Å². The van der Waals surface area contributed by atoms with Crippen LogP contribution in [0.5, 0.6) is 5.75 Å². The molecule has 14 nitrogen and oxygen atoms in total. The van der Waals surface area contributed by atoms with Crippen molar-refractivity contribution < 1.29 is 23.8 Å². The number of nitrogens with one attached hydrogen (secondary N) is 3. The van der Waals surface area contributed by atoms with Crippen molar-refractivity contribution in [2.24, 2.45) is 0 Å². The van der Waals surface area contributed by atoms with Crippen molar-refractivity contribution in [3.63, 3.8) is 0 Å². The highest BCUT2D eigenvalue weighted by atomic mass is 16.5. The number of carbonyl (C=O) groups is 2. The van der Waals surface area contributed by atoms with Gasteiger partial charge in [-0.25, -0.2) is 14.8 Å². The third-order valence-electron chi connectivity index (χ3n) is 9.53. The fourth-order valence-electron chi connectivity index (χ4n) is 6.62. The van der Waals surface area contributed by atoms with E-state index >= 15 is 0 Å². The molecular weight excluding hydrogens is 638 g/mol. The Morgan fingerprint density at radius 2 is 1.78 bits per heavy atom. The summed E-state index contributed by atoms with van der Waals surface area (Å²) in [6.07, 6.45) is 3.10. The monoisotopic (exact) mass is 683 g/mol. The minimum atomic E-state index is -0.416. The Labute approximate surface area is 291 Å². The fourth-order valence-corrected chi connectivity index (χ4v) is 6.62. The average Bonchev–Trinajstić information content (AvgIpc) is 3.52. The van der Waals surface area contributed by atoms with Gasteiger partial charge in [0.15, 0.2) is 5.65 Å². The van der Waals surface area contributed by atoms with Crippen LogP contribution in [0.1, 0.15) is 85.9 Å². The number of hydrogen-bond donors (Lipinski definition) is 3. The van der Waals surface area contributed by atoms with Crippen molar-refractivity contribution in [2.45, 2.75) is 63.5 Å². The molecule has 5 heterocycles. The lowest BCUT2D eigenvalue weighted by molar-refractivity contribution is -0.0548. The molecule has 3 aliphatic rings. The van der Waals surface area contributed by atoms with Crippen LogP contribution in [0.25, 0.3) is 5.65 Å². The molecule has 0 bridgehead atoms. The van der Waals surface area contributed by atoms with Crippen LogP contribution < -0.4 is 20.7 Å². The molecule has 0 saturated carbocycles. The number of pyridine rings is 1. The lowest BCUT2D eigenvalue weighted by Crippen LogP contribution is -2.45. The molecule has 1 aromatic carbocycles. The Morgan fingerprint density at radius 3 is 2.52 bits per heavy atom. The molecule has 3 aromatic heterocycles. The molecular formula is C36H45N9O5. The summed E-state index contributed by atoms with van der Waals surface area (Å²) < 4.78 is 19.4. The van der Waals surface area contributed by atoms with E-state index in [1.54, 1.807) is 6.07 Å². The largest absolute Gasteiger partial charge is 0.484 e. The zero-order valence-electron chi connectivity index (χ0n) is 29.1. The van der Waals surface area contributed by atoms with Crippen molar-refractivity contribution in [2.75, 3.05) is 57.9 Å². The van der Waals surface area contributed by atoms with E-state index in [0.717, 1.165) is 35.7 Å². The lowest BCUT2D eigenvalue weighted by Gasteiger charge is -2.36. The number of aromatic nitrogens is 5. The maximum atomic E-state index is 13.4. The Kier molecular flexibility index (Phi) is 9.42. The van der Waals surface area contributed by atoms with Crippen molar-refractivity contribution in [3.05, 3.63) is 77.1 Å². The second-order valence-corrected chi connectivity index (χ2v) is 14.6. The van der Waals surface area contributed by atoms with Crippen molar-refractivity contribution >= 4 is 23.4 Å². The van der Waals surface area contributed by atoms with E-state index in [2.05, 4.69) is 47.9 Å². The quantitative estimate of drug-likeness (QED) is 0.236. The molecule has 2 fully saturated rings. The first kappa shape index (κ1) is 33.8. The summed E-state index contributed by atoms with van der Waals surface area (Å²) in [5.41, 5.74) is 2.86. The molecule has 50 heavy (non-hydrogen) atoms. The number of benzene rings is 1. The summed E-state index contributed by atoms with van der Waals surface area (Å²) >= 11 is 0. The number of urea groups is 1. The Balaban J connectivity index is 1.02. The van der Waals surface area contributed by atoms with Crippen LogP contribution in [0.3, 0.4) is 0 Å². The standard InChI is InChI=1S/C36H45N9O5/c1-35(2,3)28-19-29(40-31(39-28)32(46)37-13-14-44-15-17-48-18-16-44)41-34(47)38-26-10-11-27(25-8-6-5-7-24(25)26)50-23-9-12-30-42-43-33(45(30)20-23)36(4)21-49-22-36/h5-9,12,19-20,26-27H,10-11,13-18,21-22H2,1-4H3,(H,37,46)(H2,38,39,40,41,47)/t26-,27+/m0/s1. The maximum Gasteiger partial charge on any atom is 0.320 e. The molecule has 264 valence electrons. The van der Waals surface area contributed by atoms with E-state index in [0.29, 0.717) is 63.8 Å². The van der Waals surface area contributed by atoms with Gasteiger partial charge in [0.1, 0.15) is 23.5 Å². The number of fused-ring (bicyclic) bond motifs is 2. The smallest absolute Gasteiger partial charge is 0.320 e. The first-order valence-corrected chi connectivity index (χ1v) is 17.3. The van der Waals surface area contributed by atoms with E-state index in [9.17, 15) is 9.59 Å². The summed E-state index contributed by atoms with van der Waals surface area (Å²) in [4.78, 5) is 37.8. The van der Waals surface area contributed by atoms with Gasteiger partial charge < -0.3 is 24.8 Å². The van der Waals surface area contributed by atoms with E-state index in [-0.39, 0.29) is 40.5 Å². The number of anilines is 1. The molecule has 3 N–H and O–H groups in total. The third-order valence-corrected chi connectivity index (χ3v) is 9.53. The van der Waals surface area contributed by atoms with Crippen LogP contribution >= 0.6 is 0 Å². The van der Waals surface area contributed by atoms with Gasteiger partial charge in [-0.3, -0.25) is 19.4 Å². The van der Waals surface area contributed by atoms with Gasteiger partial charge in [-0.15, -0.1) is 10.2 Å². The molecule has 2 saturated heterocycles. The van der Waals surface area contributed by atoms with Crippen molar-refractivity contribution in [3.8, 4) is 5.75 Å². The van der Waals surface area contributed by atoms with Gasteiger partial charge in [0.2, 0.25) is 5.82 Å². The second kappa shape index (κ2) is 13.9. The average molecular weight is 684 g/mol. The normalized spacial score (nSPS) is 20.4. The second-order valence-electron chi connectivity index (χ2n) is 14.6. The van der Waals surface area contributed by atoms with Gasteiger partial charge >= 0.3 is 6.03 Å². The zero-order chi connectivity index (χ0) is 34.9. The van der Waals surface area contributed by atoms with E-state index in [4.69, 9.17) is 14.2 Å². The zero-order valence-corrected chi connectivity index (χ0v) is 29.1. The first-order valence-electron chi connectivity index (χ1n) is 17.3. The fraction of sp³-hybridized carbons (Fsp3) is 0.500. The topological polar surface area (TPSA) is 157 Å². The number of morpholine rings is 1. The molecule has 0 unspecified atom stereocenters.